The summed E-state index contributed by atoms with van der Waals surface area (Å²) in [6, 6.07) is -0.728. The third kappa shape index (κ3) is 3.41. The normalized spacial score (nSPS) is 30.2. The monoisotopic (exact) mass is 241 g/mol. The maximum absolute atomic E-state index is 11.9. The molecule has 3 N–H and O–H groups in total. The minimum atomic E-state index is -0.395. The van der Waals surface area contributed by atoms with Crippen LogP contribution in [0.4, 0.5) is 0 Å². The molecule has 2 aliphatic heterocycles. The molecule has 2 atom stereocenters. The summed E-state index contributed by atoms with van der Waals surface area (Å²) >= 11 is 0. The highest BCUT2D eigenvalue weighted by Crippen LogP contribution is 2.06. The number of ether oxygens (including phenoxy) is 1. The number of hydrogen-bond donors (Lipinski definition) is 3. The zero-order valence-corrected chi connectivity index (χ0v) is 9.83. The van der Waals surface area contributed by atoms with E-state index in [0.29, 0.717) is 32.7 Å². The lowest BCUT2D eigenvalue weighted by Crippen LogP contribution is -2.55. The Morgan fingerprint density at radius 2 is 2.24 bits per heavy atom. The molecule has 6 nitrogen and oxygen atoms in total. The van der Waals surface area contributed by atoms with Gasteiger partial charge < -0.3 is 20.7 Å². The van der Waals surface area contributed by atoms with Gasteiger partial charge in [0.2, 0.25) is 11.8 Å². The van der Waals surface area contributed by atoms with Gasteiger partial charge in [0.1, 0.15) is 12.1 Å². The predicted molar refractivity (Wildman–Crippen MR) is 61.4 cm³/mol. The Hall–Kier alpha value is -1.14. The van der Waals surface area contributed by atoms with Crippen LogP contribution in [-0.2, 0) is 14.3 Å². The van der Waals surface area contributed by atoms with Crippen molar-refractivity contribution in [1.29, 1.82) is 0 Å². The molecule has 17 heavy (non-hydrogen) atoms. The third-order valence-electron chi connectivity index (χ3n) is 3.09. The highest BCUT2D eigenvalue weighted by atomic mass is 16.5. The van der Waals surface area contributed by atoms with Crippen LogP contribution in [0.5, 0.6) is 0 Å². The van der Waals surface area contributed by atoms with Crippen LogP contribution in [0, 0.1) is 0 Å². The quantitative estimate of drug-likeness (QED) is 0.565. The Balaban J connectivity index is 1.85. The van der Waals surface area contributed by atoms with E-state index in [0.717, 1.165) is 12.8 Å². The van der Waals surface area contributed by atoms with Gasteiger partial charge in [0.25, 0.3) is 0 Å². The number of carbonyl (C=O) groups excluding carboxylic acids is 2. The molecule has 0 radical (unpaired) electrons. The van der Waals surface area contributed by atoms with Crippen LogP contribution in [0.15, 0.2) is 0 Å². The first-order valence-corrected chi connectivity index (χ1v) is 6.16. The lowest BCUT2D eigenvalue weighted by atomic mass is 10.1. The molecular weight excluding hydrogens is 222 g/mol. The van der Waals surface area contributed by atoms with Gasteiger partial charge in [0, 0.05) is 13.1 Å². The Morgan fingerprint density at radius 1 is 1.35 bits per heavy atom. The number of morpholine rings is 1. The Bertz CT molecular complexity index is 290. The highest BCUT2D eigenvalue weighted by Gasteiger charge is 2.27. The standard InChI is InChI=1S/C11H19N3O3/c15-10-8(3-1-2-4-13-10)14-11(16)9-7-17-6-5-12-9/h8-9,12H,1-7H2,(H,13,15)(H,14,16). The van der Waals surface area contributed by atoms with Crippen LogP contribution in [-0.4, -0.2) is 50.2 Å². The second kappa shape index (κ2) is 5.97. The van der Waals surface area contributed by atoms with Gasteiger partial charge in [0.15, 0.2) is 0 Å². The predicted octanol–water partition coefficient (Wildman–Crippen LogP) is -1.24. The van der Waals surface area contributed by atoms with Crippen molar-refractivity contribution in [2.24, 2.45) is 0 Å². The maximum atomic E-state index is 11.9. The van der Waals surface area contributed by atoms with Gasteiger partial charge in [-0.15, -0.1) is 0 Å². The van der Waals surface area contributed by atoms with Crippen LogP contribution in [0.2, 0.25) is 0 Å². The molecule has 2 amide bonds. The van der Waals surface area contributed by atoms with E-state index < -0.39 is 6.04 Å². The molecule has 0 spiro atoms. The summed E-state index contributed by atoms with van der Waals surface area (Å²) in [6.07, 6.45) is 2.65. The molecule has 2 unspecified atom stereocenters. The van der Waals surface area contributed by atoms with Crippen molar-refractivity contribution in [3.8, 4) is 0 Å². The summed E-state index contributed by atoms with van der Waals surface area (Å²) < 4.78 is 5.22. The van der Waals surface area contributed by atoms with Crippen molar-refractivity contribution in [3.63, 3.8) is 0 Å². The van der Waals surface area contributed by atoms with Gasteiger partial charge in [-0.05, 0) is 19.3 Å². The smallest absolute Gasteiger partial charge is 0.242 e. The van der Waals surface area contributed by atoms with E-state index in [1.807, 2.05) is 0 Å². The van der Waals surface area contributed by atoms with E-state index in [2.05, 4.69) is 16.0 Å². The molecule has 0 aliphatic carbocycles. The lowest BCUT2D eigenvalue weighted by Gasteiger charge is -2.25. The van der Waals surface area contributed by atoms with Crippen molar-refractivity contribution in [2.75, 3.05) is 26.3 Å². The topological polar surface area (TPSA) is 79.5 Å². The molecule has 2 heterocycles. The minimum absolute atomic E-state index is 0.0763. The minimum Gasteiger partial charge on any atom is -0.378 e. The number of rotatable bonds is 2. The van der Waals surface area contributed by atoms with Crippen molar-refractivity contribution in [3.05, 3.63) is 0 Å². The van der Waals surface area contributed by atoms with E-state index in [4.69, 9.17) is 4.74 Å². The zero-order valence-electron chi connectivity index (χ0n) is 9.83. The molecule has 0 bridgehead atoms. The largest absolute Gasteiger partial charge is 0.378 e. The van der Waals surface area contributed by atoms with Gasteiger partial charge in [-0.1, -0.05) is 0 Å². The van der Waals surface area contributed by atoms with Crippen molar-refractivity contribution < 1.29 is 14.3 Å². The fourth-order valence-electron chi connectivity index (χ4n) is 2.08. The summed E-state index contributed by atoms with van der Waals surface area (Å²) in [5.74, 6) is -0.223. The zero-order chi connectivity index (χ0) is 12.1. The second-order valence-corrected chi connectivity index (χ2v) is 4.43. The van der Waals surface area contributed by atoms with Gasteiger partial charge in [-0.3, -0.25) is 9.59 Å². The van der Waals surface area contributed by atoms with E-state index in [9.17, 15) is 9.59 Å². The fourth-order valence-corrected chi connectivity index (χ4v) is 2.08. The fraction of sp³-hybridized carbons (Fsp3) is 0.818. The third-order valence-corrected chi connectivity index (χ3v) is 3.09. The molecule has 0 aromatic carbocycles. The molecule has 2 aliphatic rings. The summed E-state index contributed by atoms with van der Waals surface area (Å²) in [6.45, 7) is 2.39. The molecule has 96 valence electrons. The van der Waals surface area contributed by atoms with Gasteiger partial charge in [0.05, 0.1) is 13.2 Å². The van der Waals surface area contributed by atoms with Crippen LogP contribution in [0.1, 0.15) is 19.3 Å². The highest BCUT2D eigenvalue weighted by molar-refractivity contribution is 5.89. The SMILES string of the molecule is O=C(NC1CCCCNC1=O)C1COCCN1. The van der Waals surface area contributed by atoms with Crippen molar-refractivity contribution in [2.45, 2.75) is 31.3 Å². The molecule has 0 aromatic heterocycles. The van der Waals surface area contributed by atoms with Crippen LogP contribution < -0.4 is 16.0 Å². The Labute approximate surface area is 100 Å². The van der Waals surface area contributed by atoms with Crippen LogP contribution >= 0.6 is 0 Å². The number of nitrogens with one attached hydrogen (secondary N) is 3. The van der Waals surface area contributed by atoms with E-state index in [1.54, 1.807) is 0 Å². The summed E-state index contributed by atoms with van der Waals surface area (Å²) in [4.78, 5) is 23.5. The first-order valence-electron chi connectivity index (χ1n) is 6.16. The van der Waals surface area contributed by atoms with E-state index in [1.165, 1.54) is 0 Å². The van der Waals surface area contributed by atoms with Gasteiger partial charge >= 0.3 is 0 Å². The molecule has 6 heteroatoms. The first-order chi connectivity index (χ1) is 8.27. The number of carbonyl (C=O) groups is 2. The van der Waals surface area contributed by atoms with Crippen molar-refractivity contribution >= 4 is 11.8 Å². The van der Waals surface area contributed by atoms with Gasteiger partial charge in [-0.2, -0.15) is 0 Å². The number of amides is 2. The van der Waals surface area contributed by atoms with E-state index in [-0.39, 0.29) is 17.9 Å². The first kappa shape index (κ1) is 12.3. The lowest BCUT2D eigenvalue weighted by molar-refractivity contribution is -0.131. The molecule has 0 saturated carbocycles. The summed E-state index contributed by atoms with van der Waals surface area (Å²) in [5.41, 5.74) is 0. The molecule has 2 rings (SSSR count). The molecule has 2 fully saturated rings. The van der Waals surface area contributed by atoms with Crippen LogP contribution in [0.3, 0.4) is 0 Å². The van der Waals surface area contributed by atoms with E-state index >= 15 is 0 Å². The molecule has 2 saturated heterocycles. The van der Waals surface area contributed by atoms with Crippen LogP contribution in [0.25, 0.3) is 0 Å². The summed E-state index contributed by atoms with van der Waals surface area (Å²) in [7, 11) is 0. The Kier molecular flexibility index (Phi) is 4.33. The number of hydrogen-bond acceptors (Lipinski definition) is 4. The van der Waals surface area contributed by atoms with Gasteiger partial charge in [-0.25, -0.2) is 0 Å². The second-order valence-electron chi connectivity index (χ2n) is 4.43. The maximum Gasteiger partial charge on any atom is 0.242 e. The molecule has 0 aromatic rings. The summed E-state index contributed by atoms with van der Waals surface area (Å²) in [5, 5.41) is 8.65. The average molecular weight is 241 g/mol. The van der Waals surface area contributed by atoms with Crippen molar-refractivity contribution in [1.82, 2.24) is 16.0 Å². The Morgan fingerprint density at radius 3 is 3.00 bits per heavy atom. The average Bonchev–Trinajstić information content (AvgIpc) is 2.56. The molecular formula is C11H19N3O3.